The van der Waals surface area contributed by atoms with Crippen LogP contribution < -0.4 is 101 Å². The molecule has 7 heterocycles. The molecule has 4 aromatic heterocycles. The zero-order valence-corrected chi connectivity index (χ0v) is 82.0. The molecule has 51 heteroatoms. The molecule has 8 amide bonds. The monoisotopic (exact) mass is 2030 g/mol. The van der Waals surface area contributed by atoms with Crippen LogP contribution >= 0.6 is 11.6 Å². The molecule has 776 valence electrons. The highest BCUT2D eigenvalue weighted by Gasteiger charge is 2.30. The van der Waals surface area contributed by atoms with Crippen molar-refractivity contribution < 1.29 is 95.8 Å². The first-order valence-electron chi connectivity index (χ1n) is 46.0. The van der Waals surface area contributed by atoms with Crippen LogP contribution in [-0.4, -0.2) is 281 Å². The molecule has 0 aliphatic carbocycles. The number of benzene rings is 6. The van der Waals surface area contributed by atoms with Crippen LogP contribution in [0.1, 0.15) is 128 Å². The Morgan fingerprint density at radius 3 is 1.14 bits per heavy atom. The van der Waals surface area contributed by atoms with Gasteiger partial charge in [0, 0.05) is 163 Å². The summed E-state index contributed by atoms with van der Waals surface area (Å²) in [6, 6.07) is 19.9. The molecule has 50 nitrogen and oxygen atoms in total. The summed E-state index contributed by atoms with van der Waals surface area (Å²) in [5.74, 6) is -3.26. The number of aryl methyl sites for hydroxylation is 4. The second-order valence-corrected chi connectivity index (χ2v) is 32.8. The number of aromatic nitrogens is 8. The highest BCUT2D eigenvalue weighted by Crippen LogP contribution is 2.41. The van der Waals surface area contributed by atoms with Crippen molar-refractivity contribution in [3.8, 4) is 34.5 Å². The number of halogens is 1. The topological polar surface area (TPSA) is 698 Å². The van der Waals surface area contributed by atoms with Gasteiger partial charge in [-0.25, -0.2) is 9.97 Å². The molecule has 6 aromatic carbocycles. The van der Waals surface area contributed by atoms with Crippen LogP contribution in [0.4, 0.5) is 51.7 Å². The molecule has 0 spiro atoms. The summed E-state index contributed by atoms with van der Waals surface area (Å²) in [7, 11) is 4.27. The molecule has 0 saturated carbocycles. The number of nitrogens with two attached hydrogens (primary N) is 8. The molecule has 0 unspecified atom stereocenters. The molecule has 0 atom stereocenters. The lowest BCUT2D eigenvalue weighted by Crippen LogP contribution is -2.37. The molecule has 3 fully saturated rings. The van der Waals surface area contributed by atoms with Gasteiger partial charge in [-0.3, -0.25) is 103 Å². The summed E-state index contributed by atoms with van der Waals surface area (Å²) in [5.41, 5.74) is 48.3. The van der Waals surface area contributed by atoms with E-state index in [-0.39, 0.29) is 110 Å². The lowest BCUT2D eigenvalue weighted by atomic mass is 10.1. The smallest absolute Gasteiger partial charge is 0.296 e. The number of fused-ring (bicyclic) bond motifs is 2. The van der Waals surface area contributed by atoms with E-state index >= 15 is 0 Å². The molecule has 10 aromatic rings. The summed E-state index contributed by atoms with van der Waals surface area (Å²) in [4.78, 5) is 146. The van der Waals surface area contributed by atoms with Crippen molar-refractivity contribution in [3.05, 3.63) is 213 Å². The number of hydrogen-bond acceptors (Lipinski definition) is 35. The van der Waals surface area contributed by atoms with Crippen molar-refractivity contribution in [1.29, 1.82) is 0 Å². The highest BCUT2D eigenvalue weighted by molar-refractivity contribution is 6.34. The van der Waals surface area contributed by atoms with E-state index in [1.165, 1.54) is 63.8 Å². The van der Waals surface area contributed by atoms with Gasteiger partial charge in [0.2, 0.25) is 47.3 Å². The second-order valence-electron chi connectivity index (χ2n) is 32.5. The number of allylic oxidation sites excluding steroid dienone is 2. The van der Waals surface area contributed by atoms with Gasteiger partial charge < -0.3 is 114 Å². The molecule has 0 bridgehead atoms. The van der Waals surface area contributed by atoms with Gasteiger partial charge in [-0.1, -0.05) is 48.1 Å². The number of hydrogen-bond donors (Lipinski definition) is 13. The van der Waals surface area contributed by atoms with Crippen LogP contribution in [-0.2, 0) is 40.4 Å². The number of ether oxygens (including phenoxy) is 9. The van der Waals surface area contributed by atoms with E-state index < -0.39 is 67.7 Å². The maximum Gasteiger partial charge on any atom is 0.296 e. The third-order valence-electron chi connectivity index (χ3n) is 22.5. The Morgan fingerprint density at radius 2 is 0.752 bits per heavy atom. The molecule has 3 aliphatic heterocycles. The molecule has 3 saturated heterocycles. The largest absolute Gasteiger partial charge is 0.494 e. The summed E-state index contributed by atoms with van der Waals surface area (Å²) in [6.07, 6.45) is 12.8. The van der Waals surface area contributed by atoms with Gasteiger partial charge in [0.05, 0.1) is 124 Å². The summed E-state index contributed by atoms with van der Waals surface area (Å²) >= 11 is 5.96. The predicted molar refractivity (Wildman–Crippen MR) is 541 cm³/mol. The Kier molecular flexibility index (Phi) is 41.4. The average molecular weight is 2030 g/mol. The quantitative estimate of drug-likeness (QED) is 0.00592. The van der Waals surface area contributed by atoms with E-state index in [0.29, 0.717) is 165 Å². The number of nitrogens with zero attached hydrogens (tertiary/aromatic N) is 14. The third-order valence-corrected chi connectivity index (χ3v) is 22.9. The SMILES string of the molecule is CCn1nc(C)cc1C(=O)Nc1nc2cc(C(N)=O)cc(OC)c2n1C/C=C/Cn1c(NC(=O)c2cc(C)nn2CC)nc2cc(C(N)=O)cc(OCCCN3CCOCC3)c21.COc1cc(C(N)=O)cc(N)c1NC/C=C/CNc1c(OCCCN2CCOCC2)cc(C(N)=O)cc1[N+](=O)[O-].COc1cc(C(N)=O)cc([N+](=O)[O-])c1NC/C=C/CN.NC(=O)c1cc(OCCCN2CCOCC2)c(Cl)c([N+](=O)[O-])c1. The fourth-order valence-electron chi connectivity index (χ4n) is 15.4. The van der Waals surface area contributed by atoms with Gasteiger partial charge >= 0.3 is 0 Å². The number of nitrogens with one attached hydrogen (secondary N) is 5. The predicted octanol–water partition coefficient (Wildman–Crippen LogP) is 7.15. The van der Waals surface area contributed by atoms with Crippen molar-refractivity contribution in [1.82, 2.24) is 53.4 Å². The van der Waals surface area contributed by atoms with Crippen molar-refractivity contribution in [3.63, 3.8) is 0 Å². The van der Waals surface area contributed by atoms with Crippen LogP contribution in [0.15, 0.2) is 121 Å². The fourth-order valence-corrected chi connectivity index (χ4v) is 15.6. The second kappa shape index (κ2) is 54.2. The standard InChI is InChI=1S/C42H51N13O7.C26H35N7O7.C14H18ClN3O5.C12H16N4O4/c1-6-54-31(19-25(3)49-54)39(58)47-41-45-29-21-27(37(43)56)23-33(60-5)35(29)52(41)12-8-9-13-53-36-30(46-42(53)48-40(59)32-20-26(4)50-55(32)7-2)22-28(38(44)57)24-34(36)62-16-10-11-51-14-17-61-18-15-51;1-38-21-15-17(25(28)34)13-19(27)23(21)30-5-2-3-6-31-24-20(33(36)37)14-18(26(29)35)16-22(24)40-10-4-7-32-8-11-39-12-9-32;15-13-11(18(20)21)8-10(14(16)19)9-12(13)23-5-1-2-17-3-6-22-7-4-17;1-20-10-7-8(12(14)17)6-9(16(18)19)11(10)15-5-3-2-4-13/h8-9,19-24H,6-7,10-18H2,1-5H3,(H2,43,56)(H2,44,57)(H,45,47,58)(H,46,48,59);2-3,13-16,30-31H,4-12,27H2,1H3,(H2,28,34)(H2,29,35);8-9H,1-7H2,(H2,16,19);2-3,6-7,15H,4-5,13H2,1H3,(H2,14,17)/b9-8+;3-2+;;3-2+. The molecule has 21 N–H and O–H groups in total. The minimum absolute atomic E-state index is 0.00993. The lowest BCUT2D eigenvalue weighted by Gasteiger charge is -2.26. The van der Waals surface area contributed by atoms with Crippen molar-refractivity contribution in [2.24, 2.45) is 40.1 Å². The van der Waals surface area contributed by atoms with Gasteiger partial charge in [0.15, 0.2) is 16.4 Å². The van der Waals surface area contributed by atoms with Gasteiger partial charge in [-0.15, -0.1) is 0 Å². The molecular formula is C94H120ClN27O23. The Bertz CT molecular complexity index is 6410. The summed E-state index contributed by atoms with van der Waals surface area (Å²) in [5, 5.41) is 57.4. The maximum atomic E-state index is 13.8. The van der Waals surface area contributed by atoms with E-state index in [9.17, 15) is 68.7 Å². The highest BCUT2D eigenvalue weighted by atomic mass is 35.5. The molecule has 3 aliphatic rings. The number of anilines is 6. The number of imidazole rings is 2. The Morgan fingerprint density at radius 1 is 0.428 bits per heavy atom. The Hall–Kier alpha value is -16.1. The summed E-state index contributed by atoms with van der Waals surface area (Å²) < 4.78 is 56.7. The number of nitrogen functional groups attached to an aromatic ring is 1. The Labute approximate surface area is 836 Å². The molecule has 145 heavy (non-hydrogen) atoms. The zero-order valence-electron chi connectivity index (χ0n) is 81.2. The average Bonchev–Trinajstić information content (AvgIpc) is 1.62. The van der Waals surface area contributed by atoms with Crippen molar-refractivity contribution in [2.45, 2.75) is 73.1 Å². The van der Waals surface area contributed by atoms with Crippen LogP contribution in [0.3, 0.4) is 0 Å². The van der Waals surface area contributed by atoms with Gasteiger partial charge in [0.1, 0.15) is 62.6 Å². The van der Waals surface area contributed by atoms with E-state index in [2.05, 4.69) is 51.5 Å². The van der Waals surface area contributed by atoms with Crippen LogP contribution in [0.25, 0.3) is 22.1 Å². The number of rotatable bonds is 47. The fraction of sp³-hybridized carbons (Fsp3) is 0.383. The zero-order chi connectivity index (χ0) is 105. The normalized spacial score (nSPS) is 13.3. The number of primary amides is 6. The minimum atomic E-state index is -0.794. The number of methoxy groups -OCH3 is 3. The number of morpholine rings is 3. The third kappa shape index (κ3) is 30.7. The van der Waals surface area contributed by atoms with E-state index in [4.69, 9.17) is 110 Å². The van der Waals surface area contributed by atoms with E-state index in [0.717, 1.165) is 96.7 Å². The first-order valence-corrected chi connectivity index (χ1v) is 46.4. The van der Waals surface area contributed by atoms with Crippen LogP contribution in [0.5, 0.6) is 34.5 Å². The molecular weight excluding hydrogens is 1910 g/mol. The maximum absolute atomic E-state index is 13.8. The number of amides is 8. The van der Waals surface area contributed by atoms with E-state index in [1.54, 1.807) is 74.0 Å². The lowest BCUT2D eigenvalue weighted by molar-refractivity contribution is -0.384. The first-order chi connectivity index (χ1) is 69.6. The van der Waals surface area contributed by atoms with Gasteiger partial charge in [0.25, 0.3) is 28.9 Å². The number of nitro groups is 3. The molecule has 13 rings (SSSR count). The summed E-state index contributed by atoms with van der Waals surface area (Å²) in [6.45, 7) is 22.7. The van der Waals surface area contributed by atoms with Crippen molar-refractivity contribution in [2.75, 3.05) is 198 Å². The van der Waals surface area contributed by atoms with E-state index in [1.807, 2.05) is 32.9 Å². The Balaban J connectivity index is 0.000000221. The van der Waals surface area contributed by atoms with Gasteiger partial charge in [-0.2, -0.15) is 10.2 Å². The van der Waals surface area contributed by atoms with Crippen molar-refractivity contribution >= 4 is 133 Å². The number of carbonyl (C=O) groups excluding carboxylic acids is 8. The first kappa shape index (κ1) is 111. The molecule has 0 radical (unpaired) electrons. The number of nitro benzene ring substituents is 3. The van der Waals surface area contributed by atoms with Crippen LogP contribution in [0, 0.1) is 44.2 Å². The van der Waals surface area contributed by atoms with Gasteiger partial charge in [-0.05, 0) is 114 Å². The van der Waals surface area contributed by atoms with Crippen LogP contribution in [0.2, 0.25) is 5.02 Å². The minimum Gasteiger partial charge on any atom is -0.494 e. The number of carbonyl (C=O) groups is 8.